The van der Waals surface area contributed by atoms with Crippen LogP contribution in [0.25, 0.3) is 11.1 Å². The summed E-state index contributed by atoms with van der Waals surface area (Å²) in [5, 5.41) is 15.8. The van der Waals surface area contributed by atoms with Crippen LogP contribution >= 0.6 is 0 Å². The van der Waals surface area contributed by atoms with Crippen LogP contribution in [0.5, 0.6) is 0 Å². The topological polar surface area (TPSA) is 66.5 Å². The first-order valence-electron chi connectivity index (χ1n) is 7.01. The largest absolute Gasteiger partial charge is 0.289 e. The third-order valence-corrected chi connectivity index (χ3v) is 3.87. The van der Waals surface area contributed by atoms with Gasteiger partial charge in [0, 0.05) is 25.2 Å². The van der Waals surface area contributed by atoms with Crippen molar-refractivity contribution in [3.63, 3.8) is 0 Å². The van der Waals surface area contributed by atoms with E-state index in [0.29, 0.717) is 11.1 Å². The summed E-state index contributed by atoms with van der Waals surface area (Å²) in [6, 6.07) is 7.64. The van der Waals surface area contributed by atoms with Crippen molar-refractivity contribution in [2.24, 2.45) is 20.5 Å². The summed E-state index contributed by atoms with van der Waals surface area (Å²) in [6.07, 6.45) is 0. The number of fused-ring (bicyclic) bond motifs is 3. The van der Waals surface area contributed by atoms with E-state index in [2.05, 4.69) is 20.5 Å². The third-order valence-electron chi connectivity index (χ3n) is 3.87. The SMILES string of the molecule is CN=Nc1cc2c(cc1C)-c1cc(C)c(N=NC)cc1C2=O. The Labute approximate surface area is 128 Å². The first-order chi connectivity index (χ1) is 10.6. The predicted molar refractivity (Wildman–Crippen MR) is 85.7 cm³/mol. The Bertz CT molecular complexity index is 781. The molecule has 5 nitrogen and oxygen atoms in total. The highest BCUT2D eigenvalue weighted by Gasteiger charge is 2.28. The summed E-state index contributed by atoms with van der Waals surface area (Å²) in [4.78, 5) is 12.7. The fourth-order valence-corrected chi connectivity index (χ4v) is 2.79. The first-order valence-corrected chi connectivity index (χ1v) is 7.01. The van der Waals surface area contributed by atoms with Crippen molar-refractivity contribution in [2.75, 3.05) is 14.1 Å². The Morgan fingerprint density at radius 1 is 0.682 bits per heavy atom. The second-order valence-electron chi connectivity index (χ2n) is 5.30. The number of hydrogen-bond donors (Lipinski definition) is 0. The maximum absolute atomic E-state index is 12.7. The van der Waals surface area contributed by atoms with E-state index in [1.165, 1.54) is 0 Å². The zero-order chi connectivity index (χ0) is 15.9. The molecule has 0 saturated carbocycles. The van der Waals surface area contributed by atoms with Gasteiger partial charge >= 0.3 is 0 Å². The summed E-state index contributed by atoms with van der Waals surface area (Å²) in [5.74, 6) is 0.00473. The molecular formula is C17H16N4O. The van der Waals surface area contributed by atoms with Gasteiger partial charge in [0.25, 0.3) is 0 Å². The average molecular weight is 292 g/mol. The molecule has 0 atom stereocenters. The summed E-state index contributed by atoms with van der Waals surface area (Å²) < 4.78 is 0. The van der Waals surface area contributed by atoms with Gasteiger partial charge in [0.2, 0.25) is 0 Å². The van der Waals surface area contributed by atoms with Crippen LogP contribution in [-0.2, 0) is 0 Å². The molecule has 2 aromatic rings. The molecule has 110 valence electrons. The van der Waals surface area contributed by atoms with Crippen molar-refractivity contribution in [2.45, 2.75) is 13.8 Å². The Balaban J connectivity index is 2.25. The molecule has 0 N–H and O–H groups in total. The normalized spacial score (nSPS) is 13.2. The van der Waals surface area contributed by atoms with Crippen LogP contribution < -0.4 is 0 Å². The minimum absolute atomic E-state index is 0.00473. The Hall–Kier alpha value is -2.69. The summed E-state index contributed by atoms with van der Waals surface area (Å²) in [7, 11) is 3.24. The van der Waals surface area contributed by atoms with Gasteiger partial charge in [-0.2, -0.15) is 20.5 Å². The van der Waals surface area contributed by atoms with Crippen LogP contribution in [0.4, 0.5) is 11.4 Å². The van der Waals surface area contributed by atoms with Crippen molar-refractivity contribution < 1.29 is 4.79 Å². The number of azo groups is 2. The van der Waals surface area contributed by atoms with Crippen LogP contribution in [0.2, 0.25) is 0 Å². The number of benzene rings is 2. The smallest absolute Gasteiger partial charge is 0.194 e. The lowest BCUT2D eigenvalue weighted by Crippen LogP contribution is -1.95. The van der Waals surface area contributed by atoms with Gasteiger partial charge in [0.05, 0.1) is 11.4 Å². The average Bonchev–Trinajstić information content (AvgIpc) is 2.73. The molecule has 0 aromatic heterocycles. The van der Waals surface area contributed by atoms with E-state index in [-0.39, 0.29) is 5.78 Å². The second-order valence-corrected chi connectivity index (χ2v) is 5.30. The molecule has 2 aromatic carbocycles. The second kappa shape index (κ2) is 5.26. The van der Waals surface area contributed by atoms with Crippen LogP contribution in [-0.4, -0.2) is 19.9 Å². The first kappa shape index (κ1) is 14.3. The highest BCUT2D eigenvalue weighted by Crippen LogP contribution is 2.42. The molecule has 0 bridgehead atoms. The maximum Gasteiger partial charge on any atom is 0.194 e. The van der Waals surface area contributed by atoms with Crippen LogP contribution in [0, 0.1) is 13.8 Å². The van der Waals surface area contributed by atoms with Gasteiger partial charge in [0.15, 0.2) is 5.78 Å². The number of nitrogens with zero attached hydrogens (tertiary/aromatic N) is 4. The quantitative estimate of drug-likeness (QED) is 0.617. The zero-order valence-corrected chi connectivity index (χ0v) is 13.0. The standard InChI is InChI=1S/C17H16N4O/c1-9-5-11-12-6-10(2)16(21-19-4)8-14(12)17(22)13(11)7-15(9)20-18-3/h5-8H,1-4H3. The molecule has 3 rings (SSSR count). The van der Waals surface area contributed by atoms with E-state index < -0.39 is 0 Å². The minimum Gasteiger partial charge on any atom is -0.289 e. The van der Waals surface area contributed by atoms with Gasteiger partial charge in [0.1, 0.15) is 0 Å². The number of ketones is 1. The highest BCUT2D eigenvalue weighted by atomic mass is 16.1. The number of hydrogen-bond acceptors (Lipinski definition) is 5. The van der Waals surface area contributed by atoms with Gasteiger partial charge < -0.3 is 0 Å². The van der Waals surface area contributed by atoms with E-state index in [9.17, 15) is 4.79 Å². The highest BCUT2D eigenvalue weighted by molar-refractivity contribution is 6.22. The number of carbonyl (C=O) groups excluding carboxylic acids is 1. The summed E-state index contributed by atoms with van der Waals surface area (Å²) >= 11 is 0. The van der Waals surface area contributed by atoms with E-state index >= 15 is 0 Å². The van der Waals surface area contributed by atoms with E-state index in [4.69, 9.17) is 0 Å². The van der Waals surface area contributed by atoms with E-state index in [0.717, 1.165) is 33.6 Å². The van der Waals surface area contributed by atoms with Crippen molar-refractivity contribution in [3.8, 4) is 11.1 Å². The molecule has 0 spiro atoms. The maximum atomic E-state index is 12.7. The molecular weight excluding hydrogens is 276 g/mol. The fourth-order valence-electron chi connectivity index (χ4n) is 2.79. The number of rotatable bonds is 2. The molecule has 0 saturated heterocycles. The number of aryl methyl sites for hydroxylation is 2. The summed E-state index contributed by atoms with van der Waals surface area (Å²) in [6.45, 7) is 3.94. The lowest BCUT2D eigenvalue weighted by Gasteiger charge is -2.06. The minimum atomic E-state index is 0.00473. The molecule has 1 aliphatic carbocycles. The van der Waals surface area contributed by atoms with E-state index in [1.54, 1.807) is 14.1 Å². The van der Waals surface area contributed by atoms with Crippen molar-refractivity contribution >= 4 is 17.2 Å². The molecule has 0 aliphatic heterocycles. The Kier molecular flexibility index (Phi) is 3.41. The van der Waals surface area contributed by atoms with Gasteiger partial charge in [-0.15, -0.1) is 0 Å². The monoisotopic (exact) mass is 292 g/mol. The van der Waals surface area contributed by atoms with Crippen molar-refractivity contribution in [3.05, 3.63) is 46.5 Å². The summed E-state index contributed by atoms with van der Waals surface area (Å²) in [5.41, 5.74) is 6.72. The van der Waals surface area contributed by atoms with Crippen LogP contribution in [0.15, 0.2) is 44.7 Å². The molecule has 0 heterocycles. The Morgan fingerprint density at radius 3 is 1.45 bits per heavy atom. The molecule has 5 heteroatoms. The van der Waals surface area contributed by atoms with Crippen molar-refractivity contribution in [1.82, 2.24) is 0 Å². The van der Waals surface area contributed by atoms with Gasteiger partial charge in [-0.05, 0) is 60.4 Å². The molecule has 22 heavy (non-hydrogen) atoms. The van der Waals surface area contributed by atoms with Crippen LogP contribution in [0.1, 0.15) is 27.0 Å². The fraction of sp³-hybridized carbons (Fsp3) is 0.235. The molecule has 1 aliphatic rings. The van der Waals surface area contributed by atoms with E-state index in [1.807, 2.05) is 38.1 Å². The lowest BCUT2D eigenvalue weighted by atomic mass is 10.0. The number of carbonyl (C=O) groups is 1. The third kappa shape index (κ3) is 2.06. The predicted octanol–water partition coefficient (Wildman–Crippen LogP) is 4.94. The molecule has 0 unspecified atom stereocenters. The Morgan fingerprint density at radius 2 is 1.09 bits per heavy atom. The van der Waals surface area contributed by atoms with Crippen molar-refractivity contribution in [1.29, 1.82) is 0 Å². The molecule has 0 amide bonds. The van der Waals surface area contributed by atoms with Gasteiger partial charge in [-0.1, -0.05) is 0 Å². The lowest BCUT2D eigenvalue weighted by molar-refractivity contribution is 0.104. The van der Waals surface area contributed by atoms with Gasteiger partial charge in [-0.3, -0.25) is 4.79 Å². The zero-order valence-electron chi connectivity index (χ0n) is 13.0. The van der Waals surface area contributed by atoms with Gasteiger partial charge in [-0.25, -0.2) is 0 Å². The van der Waals surface area contributed by atoms with Crippen LogP contribution in [0.3, 0.4) is 0 Å². The molecule has 0 fully saturated rings. The molecule has 0 radical (unpaired) electrons.